The van der Waals surface area contributed by atoms with Crippen LogP contribution in [0.15, 0.2) is 102 Å². The molecule has 2 N–H and O–H groups in total. The number of H-pyrrole nitrogens is 1. The molecule has 0 saturated carbocycles. The van der Waals surface area contributed by atoms with Crippen LogP contribution in [-0.4, -0.2) is 82.4 Å². The van der Waals surface area contributed by atoms with Crippen molar-refractivity contribution in [2.24, 2.45) is 4.99 Å². The minimum Gasteiger partial charge on any atom is -0.453 e. The van der Waals surface area contributed by atoms with E-state index < -0.39 is 18.2 Å². The third kappa shape index (κ3) is 7.96. The van der Waals surface area contributed by atoms with Crippen LogP contribution in [0.3, 0.4) is 0 Å². The smallest absolute Gasteiger partial charge is 0.407 e. The lowest BCUT2D eigenvalue weighted by molar-refractivity contribution is -0.188. The first-order valence-electron chi connectivity index (χ1n) is 18.1. The SMILES string of the molecule is COOC=N[C@@H](C(=O)N1CCC[C@H]1c1nc2ncc(-c3ccc(C[C@@H]4CCCN4C(=O)[C@@H](NC(=O)OC)c4ccccc4)cc3)cc2[nH]1)c1ccccc1. The number of ether oxygens (including phenoxy) is 1. The molecule has 2 saturated heterocycles. The Labute approximate surface area is 313 Å². The van der Waals surface area contributed by atoms with Gasteiger partial charge in [-0.05, 0) is 60.4 Å². The van der Waals surface area contributed by atoms with Crippen LogP contribution in [-0.2, 0) is 30.5 Å². The lowest BCUT2D eigenvalue weighted by Gasteiger charge is -2.29. The molecule has 0 unspecified atom stereocenters. The Morgan fingerprint density at radius 3 is 2.31 bits per heavy atom. The van der Waals surface area contributed by atoms with Crippen LogP contribution >= 0.6 is 0 Å². The number of fused-ring (bicyclic) bond motifs is 1. The predicted octanol–water partition coefficient (Wildman–Crippen LogP) is 6.27. The highest BCUT2D eigenvalue weighted by Crippen LogP contribution is 2.35. The number of aromatic nitrogens is 3. The van der Waals surface area contributed by atoms with E-state index in [1.54, 1.807) is 0 Å². The first-order valence-corrected chi connectivity index (χ1v) is 18.1. The van der Waals surface area contributed by atoms with Crippen molar-refractivity contribution < 1.29 is 28.9 Å². The number of aromatic amines is 1. The lowest BCUT2D eigenvalue weighted by atomic mass is 9.99. The summed E-state index contributed by atoms with van der Waals surface area (Å²) in [6, 6.07) is 27.1. The Balaban J connectivity index is 1.05. The molecular formula is C41H43N7O6. The standard InChI is InChI=1S/C41H43N7O6/c1-52-41(51)45-36(30-13-7-4-8-14-30)40(50)47-21-9-15-32(47)23-27-17-19-28(20-18-27)31-24-33-37(42-25-31)46-38(44-33)34-16-10-22-48(34)39(49)35(43-26-54-53-2)29-11-5-3-6-12-29/h3-8,11-14,17-20,24-26,32,34-36H,9-10,15-16,21-23H2,1-2H3,(H,45,51)(H,42,44,46)/t32-,34-,35+,36-/m0/s1. The largest absolute Gasteiger partial charge is 0.453 e. The minimum atomic E-state index is -0.828. The third-order valence-electron chi connectivity index (χ3n) is 10.2. The van der Waals surface area contributed by atoms with E-state index in [-0.39, 0.29) is 23.9 Å². The summed E-state index contributed by atoms with van der Waals surface area (Å²) < 4.78 is 4.83. The van der Waals surface area contributed by atoms with E-state index in [0.717, 1.165) is 59.9 Å². The molecule has 2 fully saturated rings. The summed E-state index contributed by atoms with van der Waals surface area (Å²) >= 11 is 0. The number of carbonyl (C=O) groups is 3. The zero-order valence-corrected chi connectivity index (χ0v) is 30.3. The molecule has 3 aromatic carbocycles. The predicted molar refractivity (Wildman–Crippen MR) is 202 cm³/mol. The average molecular weight is 730 g/mol. The summed E-state index contributed by atoms with van der Waals surface area (Å²) in [4.78, 5) is 70.5. The average Bonchev–Trinajstić information content (AvgIpc) is 3.99. The molecule has 13 nitrogen and oxygen atoms in total. The fourth-order valence-electron chi connectivity index (χ4n) is 7.48. The molecule has 2 aliphatic rings. The Hall–Kier alpha value is -6.08. The molecule has 0 radical (unpaired) electrons. The van der Waals surface area contributed by atoms with Gasteiger partial charge in [-0.25, -0.2) is 19.8 Å². The molecule has 7 rings (SSSR count). The van der Waals surface area contributed by atoms with Crippen LogP contribution in [0.2, 0.25) is 0 Å². The molecular weight excluding hydrogens is 686 g/mol. The highest BCUT2D eigenvalue weighted by molar-refractivity contribution is 5.87. The van der Waals surface area contributed by atoms with Crippen molar-refractivity contribution in [2.45, 2.75) is 56.3 Å². The summed E-state index contributed by atoms with van der Waals surface area (Å²) in [6.45, 7) is 1.21. The van der Waals surface area contributed by atoms with Crippen molar-refractivity contribution in [3.05, 3.63) is 120 Å². The molecule has 278 valence electrons. The van der Waals surface area contributed by atoms with Gasteiger partial charge in [0.15, 0.2) is 11.7 Å². The van der Waals surface area contributed by atoms with E-state index in [4.69, 9.17) is 14.6 Å². The van der Waals surface area contributed by atoms with Gasteiger partial charge in [-0.3, -0.25) is 9.59 Å². The molecule has 4 atom stereocenters. The van der Waals surface area contributed by atoms with Gasteiger partial charge in [0.25, 0.3) is 5.91 Å². The second kappa shape index (κ2) is 16.7. The molecule has 5 aromatic rings. The monoisotopic (exact) mass is 729 g/mol. The Morgan fingerprint density at radius 1 is 0.889 bits per heavy atom. The maximum atomic E-state index is 13.9. The number of imidazole rings is 1. The highest BCUT2D eigenvalue weighted by Gasteiger charge is 2.37. The van der Waals surface area contributed by atoms with E-state index in [1.807, 2.05) is 82.7 Å². The van der Waals surface area contributed by atoms with E-state index in [2.05, 4.69) is 49.4 Å². The molecule has 2 aliphatic heterocycles. The third-order valence-corrected chi connectivity index (χ3v) is 10.2. The van der Waals surface area contributed by atoms with Gasteiger partial charge in [-0.2, -0.15) is 4.89 Å². The zero-order valence-electron chi connectivity index (χ0n) is 30.3. The fourth-order valence-corrected chi connectivity index (χ4v) is 7.48. The minimum absolute atomic E-state index is 0.00550. The molecule has 0 aliphatic carbocycles. The van der Waals surface area contributed by atoms with E-state index >= 15 is 0 Å². The Bertz CT molecular complexity index is 2090. The summed E-state index contributed by atoms with van der Waals surface area (Å²) in [5, 5.41) is 2.73. The molecule has 54 heavy (non-hydrogen) atoms. The van der Waals surface area contributed by atoms with Crippen LogP contribution in [0.5, 0.6) is 0 Å². The second-order valence-electron chi connectivity index (χ2n) is 13.4. The Morgan fingerprint density at radius 2 is 1.59 bits per heavy atom. The number of rotatable bonds is 12. The van der Waals surface area contributed by atoms with Gasteiger partial charge in [0.05, 0.1) is 25.8 Å². The molecule has 3 amide bonds. The fraction of sp³-hybridized carbons (Fsp3) is 0.317. The van der Waals surface area contributed by atoms with E-state index in [0.29, 0.717) is 36.5 Å². The van der Waals surface area contributed by atoms with Crippen LogP contribution in [0.25, 0.3) is 22.3 Å². The summed E-state index contributed by atoms with van der Waals surface area (Å²) in [7, 11) is 2.67. The maximum Gasteiger partial charge on any atom is 0.407 e. The molecule has 0 spiro atoms. The molecule has 0 bridgehead atoms. The molecule has 13 heteroatoms. The lowest BCUT2D eigenvalue weighted by Crippen LogP contribution is -2.45. The normalized spacial score (nSPS) is 18.2. The zero-order chi connectivity index (χ0) is 37.4. The van der Waals surface area contributed by atoms with Crippen molar-refractivity contribution >= 4 is 35.5 Å². The summed E-state index contributed by atoms with van der Waals surface area (Å²) in [6.07, 6.45) is 6.38. The van der Waals surface area contributed by atoms with Crippen molar-refractivity contribution in [3.8, 4) is 11.1 Å². The number of likely N-dealkylation sites (tertiary alicyclic amines) is 2. The number of carbonyl (C=O) groups excluding carboxylic acids is 3. The van der Waals surface area contributed by atoms with Gasteiger partial charge in [-0.15, -0.1) is 0 Å². The molecule has 2 aromatic heterocycles. The number of aliphatic imine (C=N–C) groups is 1. The van der Waals surface area contributed by atoms with Crippen LogP contribution in [0.4, 0.5) is 4.79 Å². The van der Waals surface area contributed by atoms with Gasteiger partial charge < -0.3 is 29.7 Å². The second-order valence-corrected chi connectivity index (χ2v) is 13.4. The van der Waals surface area contributed by atoms with Crippen molar-refractivity contribution in [3.63, 3.8) is 0 Å². The topological polar surface area (TPSA) is 151 Å². The van der Waals surface area contributed by atoms with Gasteiger partial charge in [0, 0.05) is 30.9 Å². The van der Waals surface area contributed by atoms with Gasteiger partial charge in [0.1, 0.15) is 11.9 Å². The van der Waals surface area contributed by atoms with Gasteiger partial charge in [0.2, 0.25) is 12.3 Å². The van der Waals surface area contributed by atoms with Crippen LogP contribution in [0, 0.1) is 0 Å². The van der Waals surface area contributed by atoms with Gasteiger partial charge in [-0.1, -0.05) is 84.9 Å². The highest BCUT2D eigenvalue weighted by atomic mass is 17.2. The quantitative estimate of drug-likeness (QED) is 0.0661. The summed E-state index contributed by atoms with van der Waals surface area (Å²) in [5.74, 6) is 0.398. The number of nitrogens with zero attached hydrogens (tertiary/aromatic N) is 5. The van der Waals surface area contributed by atoms with E-state index in [9.17, 15) is 14.4 Å². The van der Waals surface area contributed by atoms with Crippen molar-refractivity contribution in [1.29, 1.82) is 0 Å². The van der Waals surface area contributed by atoms with Crippen LogP contribution < -0.4 is 5.32 Å². The number of benzene rings is 3. The first-order chi connectivity index (χ1) is 26.4. The maximum absolute atomic E-state index is 13.9. The number of alkyl carbamates (subject to hydrolysis) is 1. The van der Waals surface area contributed by atoms with E-state index in [1.165, 1.54) is 14.2 Å². The van der Waals surface area contributed by atoms with Crippen molar-refractivity contribution in [2.75, 3.05) is 27.3 Å². The number of pyridine rings is 1. The molecule has 4 heterocycles. The van der Waals surface area contributed by atoms with Crippen LogP contribution in [0.1, 0.15) is 66.3 Å². The van der Waals surface area contributed by atoms with Gasteiger partial charge >= 0.3 is 6.09 Å². The number of hydrogen-bond acceptors (Lipinski definition) is 9. The van der Waals surface area contributed by atoms with Crippen molar-refractivity contribution in [1.82, 2.24) is 30.1 Å². The number of nitrogens with one attached hydrogen (secondary N) is 2. The number of methoxy groups -OCH3 is 1. The number of hydrogen-bond donors (Lipinski definition) is 2. The first kappa shape index (κ1) is 36.3. The summed E-state index contributed by atoms with van der Waals surface area (Å²) in [5.41, 5.74) is 5.86. The number of amides is 3. The Kier molecular flexibility index (Phi) is 11.2.